The Morgan fingerprint density at radius 3 is 3.05 bits per heavy atom. The van der Waals surface area contributed by atoms with E-state index in [0.717, 1.165) is 17.7 Å². The summed E-state index contributed by atoms with van der Waals surface area (Å²) in [4.78, 5) is 12.1. The molecule has 2 aliphatic heterocycles. The molecule has 3 N–H and O–H groups in total. The van der Waals surface area contributed by atoms with Crippen LogP contribution >= 0.6 is 0 Å². The first-order valence-electron chi connectivity index (χ1n) is 6.67. The molecule has 0 radical (unpaired) electrons. The minimum atomic E-state index is -0.419. The van der Waals surface area contributed by atoms with Gasteiger partial charge in [0.1, 0.15) is 5.75 Å². The number of ether oxygens (including phenoxy) is 1. The number of aliphatic hydroxyl groups is 1. The van der Waals surface area contributed by atoms with Gasteiger partial charge in [0.2, 0.25) is 5.91 Å². The fraction of sp³-hybridized carbons (Fsp3) is 0.500. The van der Waals surface area contributed by atoms with Crippen molar-refractivity contribution in [3.05, 3.63) is 29.8 Å². The average Bonchev–Trinajstić information content (AvgIpc) is 2.86. The molecule has 1 saturated heterocycles. The Kier molecular flexibility index (Phi) is 3.40. The number of benzene rings is 1. The summed E-state index contributed by atoms with van der Waals surface area (Å²) in [7, 11) is 0. The van der Waals surface area contributed by atoms with Crippen LogP contribution in [0.3, 0.4) is 0 Å². The number of fused-ring (bicyclic) bond motifs is 1. The predicted molar refractivity (Wildman–Crippen MR) is 69.9 cm³/mol. The Morgan fingerprint density at radius 1 is 1.42 bits per heavy atom. The molecule has 0 saturated carbocycles. The van der Waals surface area contributed by atoms with Crippen molar-refractivity contribution >= 4 is 5.91 Å². The Bertz CT molecular complexity index is 478. The number of hydrogen-bond donors (Lipinski definition) is 3. The number of amides is 1. The van der Waals surface area contributed by atoms with Gasteiger partial charge in [0.25, 0.3) is 0 Å². The van der Waals surface area contributed by atoms with E-state index in [9.17, 15) is 9.90 Å². The molecule has 5 heteroatoms. The SMILES string of the molecule is O=C(NC1CCOc2ccccc21)C1CC(O)CN1. The van der Waals surface area contributed by atoms with Crippen molar-refractivity contribution in [2.75, 3.05) is 13.2 Å². The Hall–Kier alpha value is -1.59. The van der Waals surface area contributed by atoms with E-state index in [-0.39, 0.29) is 18.0 Å². The molecule has 19 heavy (non-hydrogen) atoms. The quantitative estimate of drug-likeness (QED) is 0.719. The van der Waals surface area contributed by atoms with E-state index < -0.39 is 6.10 Å². The van der Waals surface area contributed by atoms with Crippen LogP contribution in [-0.2, 0) is 4.79 Å². The zero-order valence-corrected chi connectivity index (χ0v) is 10.6. The summed E-state index contributed by atoms with van der Waals surface area (Å²) in [6.07, 6.45) is 0.840. The van der Waals surface area contributed by atoms with Crippen LogP contribution in [0.1, 0.15) is 24.4 Å². The normalized spacial score (nSPS) is 29.4. The number of carbonyl (C=O) groups excluding carboxylic acids is 1. The van der Waals surface area contributed by atoms with Gasteiger partial charge >= 0.3 is 0 Å². The molecule has 2 aliphatic rings. The molecule has 0 aromatic heterocycles. The summed E-state index contributed by atoms with van der Waals surface area (Å²) in [5, 5.41) is 15.5. The smallest absolute Gasteiger partial charge is 0.237 e. The van der Waals surface area contributed by atoms with Crippen molar-refractivity contribution in [3.63, 3.8) is 0 Å². The van der Waals surface area contributed by atoms with E-state index in [1.165, 1.54) is 0 Å². The molecule has 1 amide bonds. The number of carbonyl (C=O) groups is 1. The third-order valence-corrected chi connectivity index (χ3v) is 3.70. The summed E-state index contributed by atoms with van der Waals surface area (Å²) in [6, 6.07) is 7.49. The predicted octanol–water partition coefficient (Wildman–Crippen LogP) is 0.349. The number of nitrogens with one attached hydrogen (secondary N) is 2. The van der Waals surface area contributed by atoms with Gasteiger partial charge in [-0.05, 0) is 12.5 Å². The second kappa shape index (κ2) is 5.19. The van der Waals surface area contributed by atoms with Gasteiger partial charge in [0, 0.05) is 18.5 Å². The van der Waals surface area contributed by atoms with E-state index in [1.54, 1.807) is 0 Å². The minimum absolute atomic E-state index is 0.00278. The first-order chi connectivity index (χ1) is 9.24. The number of para-hydroxylation sites is 1. The molecule has 5 nitrogen and oxygen atoms in total. The van der Waals surface area contributed by atoms with E-state index >= 15 is 0 Å². The molecular weight excluding hydrogens is 244 g/mol. The first kappa shape index (κ1) is 12.4. The second-order valence-electron chi connectivity index (χ2n) is 5.09. The molecule has 3 atom stereocenters. The van der Waals surface area contributed by atoms with Gasteiger partial charge in [-0.3, -0.25) is 4.79 Å². The highest BCUT2D eigenvalue weighted by Gasteiger charge is 2.30. The van der Waals surface area contributed by atoms with Crippen molar-refractivity contribution < 1.29 is 14.6 Å². The van der Waals surface area contributed by atoms with E-state index in [4.69, 9.17) is 4.74 Å². The van der Waals surface area contributed by atoms with Gasteiger partial charge in [-0.2, -0.15) is 0 Å². The van der Waals surface area contributed by atoms with Crippen LogP contribution < -0.4 is 15.4 Å². The molecular formula is C14H18N2O3. The Labute approximate surface area is 112 Å². The monoisotopic (exact) mass is 262 g/mol. The van der Waals surface area contributed by atoms with Crippen molar-refractivity contribution in [3.8, 4) is 5.75 Å². The molecule has 1 aromatic carbocycles. The first-order valence-corrected chi connectivity index (χ1v) is 6.67. The maximum absolute atomic E-state index is 12.1. The molecule has 3 rings (SSSR count). The molecule has 3 unspecified atom stereocenters. The molecule has 0 aliphatic carbocycles. The summed E-state index contributed by atoms with van der Waals surface area (Å²) in [6.45, 7) is 1.10. The fourth-order valence-electron chi connectivity index (χ4n) is 2.68. The van der Waals surface area contributed by atoms with Crippen LogP contribution in [0.15, 0.2) is 24.3 Å². The van der Waals surface area contributed by atoms with Crippen molar-refractivity contribution in [2.24, 2.45) is 0 Å². The third kappa shape index (κ3) is 2.57. The van der Waals surface area contributed by atoms with Gasteiger partial charge in [0.05, 0.1) is 24.8 Å². The van der Waals surface area contributed by atoms with Gasteiger partial charge in [-0.1, -0.05) is 18.2 Å². The lowest BCUT2D eigenvalue weighted by Gasteiger charge is -2.27. The standard InChI is InChI=1S/C14H18N2O3/c17-9-7-12(15-8-9)14(18)16-11-5-6-19-13-4-2-1-3-10(11)13/h1-4,9,11-12,15,17H,5-8H2,(H,16,18). The highest BCUT2D eigenvalue weighted by Crippen LogP contribution is 2.31. The molecule has 0 spiro atoms. The highest BCUT2D eigenvalue weighted by atomic mass is 16.5. The van der Waals surface area contributed by atoms with Crippen molar-refractivity contribution in [2.45, 2.75) is 31.0 Å². The molecule has 1 fully saturated rings. The molecule has 2 heterocycles. The minimum Gasteiger partial charge on any atom is -0.493 e. The van der Waals surface area contributed by atoms with Crippen LogP contribution in [0.5, 0.6) is 5.75 Å². The van der Waals surface area contributed by atoms with Crippen molar-refractivity contribution in [1.82, 2.24) is 10.6 Å². The highest BCUT2D eigenvalue weighted by molar-refractivity contribution is 5.82. The lowest BCUT2D eigenvalue weighted by molar-refractivity contribution is -0.123. The van der Waals surface area contributed by atoms with Gasteiger partial charge < -0.3 is 20.5 Å². The maximum atomic E-state index is 12.1. The number of hydrogen-bond acceptors (Lipinski definition) is 4. The van der Waals surface area contributed by atoms with Gasteiger partial charge in [-0.25, -0.2) is 0 Å². The summed E-state index contributed by atoms with van der Waals surface area (Å²) in [5.74, 6) is 0.803. The third-order valence-electron chi connectivity index (χ3n) is 3.70. The average molecular weight is 262 g/mol. The summed E-state index contributed by atoms with van der Waals surface area (Å²) in [5.41, 5.74) is 1.03. The lowest BCUT2D eigenvalue weighted by atomic mass is 10.00. The summed E-state index contributed by atoms with van der Waals surface area (Å²) < 4.78 is 5.57. The molecule has 1 aromatic rings. The molecule has 102 valence electrons. The van der Waals surface area contributed by atoms with E-state index in [2.05, 4.69) is 10.6 Å². The molecule has 0 bridgehead atoms. The van der Waals surface area contributed by atoms with Gasteiger partial charge in [-0.15, -0.1) is 0 Å². The van der Waals surface area contributed by atoms with Crippen LogP contribution in [0.25, 0.3) is 0 Å². The number of aliphatic hydroxyl groups excluding tert-OH is 1. The maximum Gasteiger partial charge on any atom is 0.237 e. The Balaban J connectivity index is 1.69. The topological polar surface area (TPSA) is 70.6 Å². The van der Waals surface area contributed by atoms with Crippen LogP contribution in [0.2, 0.25) is 0 Å². The fourth-order valence-corrected chi connectivity index (χ4v) is 2.68. The zero-order valence-electron chi connectivity index (χ0n) is 10.6. The Morgan fingerprint density at radius 2 is 2.26 bits per heavy atom. The number of β-amino-alcohol motifs (C(OH)–C–C–N with tert-alkyl or cyclic N) is 1. The number of rotatable bonds is 2. The summed E-state index contributed by atoms with van der Waals surface area (Å²) >= 11 is 0. The second-order valence-corrected chi connectivity index (χ2v) is 5.09. The van der Waals surface area contributed by atoms with Crippen molar-refractivity contribution in [1.29, 1.82) is 0 Å². The van der Waals surface area contributed by atoms with Crippen LogP contribution in [-0.4, -0.2) is 36.3 Å². The van der Waals surface area contributed by atoms with Gasteiger partial charge in [0.15, 0.2) is 0 Å². The van der Waals surface area contributed by atoms with E-state index in [0.29, 0.717) is 19.6 Å². The van der Waals surface area contributed by atoms with Crippen LogP contribution in [0.4, 0.5) is 0 Å². The zero-order chi connectivity index (χ0) is 13.2. The van der Waals surface area contributed by atoms with E-state index in [1.807, 2.05) is 24.3 Å². The largest absolute Gasteiger partial charge is 0.493 e. The van der Waals surface area contributed by atoms with Crippen LogP contribution in [0, 0.1) is 0 Å². The lowest BCUT2D eigenvalue weighted by Crippen LogP contribution is -2.43.